The van der Waals surface area contributed by atoms with Crippen LogP contribution in [-0.2, 0) is 0 Å². The monoisotopic (exact) mass is 285 g/mol. The van der Waals surface area contributed by atoms with Crippen LogP contribution in [0.15, 0.2) is 42.6 Å². The van der Waals surface area contributed by atoms with E-state index in [0.29, 0.717) is 27.8 Å². The first-order valence-corrected chi connectivity index (χ1v) is 6.28. The summed E-state index contributed by atoms with van der Waals surface area (Å²) in [6.45, 7) is 0. The van der Waals surface area contributed by atoms with E-state index in [1.165, 1.54) is 19.4 Å². The topological polar surface area (TPSA) is 62.3 Å². The van der Waals surface area contributed by atoms with Crippen molar-refractivity contribution in [3.63, 3.8) is 0 Å². The van der Waals surface area contributed by atoms with Crippen LogP contribution >= 0.6 is 0 Å². The molecule has 0 aliphatic heterocycles. The van der Waals surface area contributed by atoms with Crippen LogP contribution in [0, 0.1) is 5.82 Å². The van der Waals surface area contributed by atoms with Crippen molar-refractivity contribution >= 4 is 16.9 Å². The van der Waals surface area contributed by atoms with Gasteiger partial charge in [0.05, 0.1) is 12.7 Å². The van der Waals surface area contributed by atoms with E-state index >= 15 is 0 Å². The molecular weight excluding hydrogens is 273 g/mol. The Morgan fingerprint density at radius 1 is 1.24 bits per heavy atom. The van der Waals surface area contributed by atoms with Crippen LogP contribution in [-0.4, -0.2) is 23.2 Å². The van der Waals surface area contributed by atoms with Gasteiger partial charge in [-0.05, 0) is 29.8 Å². The van der Waals surface area contributed by atoms with Crippen molar-refractivity contribution in [1.29, 1.82) is 0 Å². The van der Waals surface area contributed by atoms with Crippen LogP contribution in [0.4, 0.5) is 4.39 Å². The van der Waals surface area contributed by atoms with Crippen LogP contribution < -0.4 is 4.74 Å². The maximum atomic E-state index is 14.1. The van der Waals surface area contributed by atoms with Crippen molar-refractivity contribution in [2.45, 2.75) is 0 Å². The van der Waals surface area contributed by atoms with Crippen LogP contribution in [0.1, 0.15) is 10.4 Å². The number of aromatic amines is 1. The molecule has 0 aliphatic rings. The van der Waals surface area contributed by atoms with E-state index in [4.69, 9.17) is 9.84 Å². The van der Waals surface area contributed by atoms with E-state index in [1.54, 1.807) is 30.3 Å². The number of nitrogens with one attached hydrogen (secondary N) is 1. The molecule has 1 aromatic heterocycles. The zero-order chi connectivity index (χ0) is 15.0. The molecule has 0 aliphatic carbocycles. The number of halogens is 1. The Morgan fingerprint density at radius 3 is 2.71 bits per heavy atom. The largest absolute Gasteiger partial charge is 0.497 e. The van der Waals surface area contributed by atoms with Gasteiger partial charge in [-0.3, -0.25) is 0 Å². The normalized spacial score (nSPS) is 10.8. The van der Waals surface area contributed by atoms with E-state index in [9.17, 15) is 9.18 Å². The van der Waals surface area contributed by atoms with E-state index < -0.39 is 11.8 Å². The molecule has 106 valence electrons. The molecule has 21 heavy (non-hydrogen) atoms. The Bertz CT molecular complexity index is 839. The Balaban J connectivity index is 2.16. The standard InChI is InChI=1S/C16H12FNO3/c1-21-10-3-4-11(14(17)7-10)9-2-5-15-12(6-9)13(8-18-15)16(19)20/h2-8,18H,1H3,(H,19,20). The lowest BCUT2D eigenvalue weighted by Gasteiger charge is -2.06. The Hall–Kier alpha value is -2.82. The van der Waals surface area contributed by atoms with Gasteiger partial charge in [0, 0.05) is 28.7 Å². The number of hydrogen-bond acceptors (Lipinski definition) is 2. The molecule has 0 saturated heterocycles. The predicted molar refractivity (Wildman–Crippen MR) is 77.2 cm³/mol. The first-order chi connectivity index (χ1) is 10.1. The zero-order valence-corrected chi connectivity index (χ0v) is 11.2. The molecule has 3 rings (SSSR count). The van der Waals surface area contributed by atoms with Crippen LogP contribution in [0.2, 0.25) is 0 Å². The van der Waals surface area contributed by atoms with Gasteiger partial charge < -0.3 is 14.8 Å². The van der Waals surface area contributed by atoms with Gasteiger partial charge in [0.2, 0.25) is 0 Å². The van der Waals surface area contributed by atoms with Crippen molar-refractivity contribution in [2.24, 2.45) is 0 Å². The van der Waals surface area contributed by atoms with Gasteiger partial charge in [-0.25, -0.2) is 9.18 Å². The Kier molecular flexibility index (Phi) is 3.10. The molecule has 0 unspecified atom stereocenters. The predicted octanol–water partition coefficient (Wildman–Crippen LogP) is 3.68. The number of aromatic carboxylic acids is 1. The molecule has 0 saturated carbocycles. The van der Waals surface area contributed by atoms with Gasteiger partial charge in [0.25, 0.3) is 0 Å². The number of carboxylic acids is 1. The minimum Gasteiger partial charge on any atom is -0.497 e. The molecule has 5 heteroatoms. The van der Waals surface area contributed by atoms with Crippen molar-refractivity contribution in [3.05, 3.63) is 54.0 Å². The van der Waals surface area contributed by atoms with Crippen LogP contribution in [0.5, 0.6) is 5.75 Å². The second kappa shape index (κ2) is 4.94. The molecule has 4 nitrogen and oxygen atoms in total. The summed E-state index contributed by atoms with van der Waals surface area (Å²) in [7, 11) is 1.47. The lowest BCUT2D eigenvalue weighted by atomic mass is 10.0. The summed E-state index contributed by atoms with van der Waals surface area (Å²) in [5.74, 6) is -1.00. The number of hydrogen-bond donors (Lipinski definition) is 2. The second-order valence-electron chi connectivity index (χ2n) is 4.61. The van der Waals surface area contributed by atoms with E-state index in [2.05, 4.69) is 4.98 Å². The number of fused-ring (bicyclic) bond motifs is 1. The summed E-state index contributed by atoms with van der Waals surface area (Å²) < 4.78 is 19.1. The molecule has 0 fully saturated rings. The maximum Gasteiger partial charge on any atom is 0.337 e. The third-order valence-corrected chi connectivity index (χ3v) is 3.40. The summed E-state index contributed by atoms with van der Waals surface area (Å²) in [6.07, 6.45) is 1.43. The summed E-state index contributed by atoms with van der Waals surface area (Å²) in [6, 6.07) is 9.73. The number of carboxylic acid groups (broad SMARTS) is 1. The molecule has 0 amide bonds. The first kappa shape index (κ1) is 13.2. The fourth-order valence-corrected chi connectivity index (χ4v) is 2.32. The van der Waals surface area contributed by atoms with Gasteiger partial charge >= 0.3 is 5.97 Å². The fraction of sp³-hybridized carbons (Fsp3) is 0.0625. The van der Waals surface area contributed by atoms with Crippen molar-refractivity contribution < 1.29 is 19.0 Å². The van der Waals surface area contributed by atoms with Gasteiger partial charge in [-0.1, -0.05) is 6.07 Å². The summed E-state index contributed by atoms with van der Waals surface area (Å²) in [5, 5.41) is 9.70. The molecule has 0 radical (unpaired) electrons. The van der Waals surface area contributed by atoms with Crippen LogP contribution in [0.3, 0.4) is 0 Å². The summed E-state index contributed by atoms with van der Waals surface area (Å²) in [5.41, 5.74) is 1.88. The molecule has 1 heterocycles. The molecule has 2 aromatic carbocycles. The van der Waals surface area contributed by atoms with Gasteiger partial charge in [-0.2, -0.15) is 0 Å². The van der Waals surface area contributed by atoms with Gasteiger partial charge in [0.1, 0.15) is 11.6 Å². The lowest BCUT2D eigenvalue weighted by molar-refractivity contribution is 0.0699. The van der Waals surface area contributed by atoms with Crippen molar-refractivity contribution in [3.8, 4) is 16.9 Å². The fourth-order valence-electron chi connectivity index (χ4n) is 2.32. The van der Waals surface area contributed by atoms with E-state index in [-0.39, 0.29) is 5.56 Å². The molecule has 3 aromatic rings. The highest BCUT2D eigenvalue weighted by Gasteiger charge is 2.13. The average Bonchev–Trinajstić information content (AvgIpc) is 2.90. The highest BCUT2D eigenvalue weighted by atomic mass is 19.1. The van der Waals surface area contributed by atoms with Crippen LogP contribution in [0.25, 0.3) is 22.0 Å². The van der Waals surface area contributed by atoms with Gasteiger partial charge in [-0.15, -0.1) is 0 Å². The lowest BCUT2D eigenvalue weighted by Crippen LogP contribution is -1.94. The third kappa shape index (κ3) is 2.23. The first-order valence-electron chi connectivity index (χ1n) is 6.28. The second-order valence-corrected chi connectivity index (χ2v) is 4.61. The number of carbonyl (C=O) groups is 1. The van der Waals surface area contributed by atoms with E-state index in [0.717, 1.165) is 0 Å². The minimum absolute atomic E-state index is 0.167. The van der Waals surface area contributed by atoms with Crippen molar-refractivity contribution in [2.75, 3.05) is 7.11 Å². The molecular formula is C16H12FNO3. The SMILES string of the molecule is COc1ccc(-c2ccc3[nH]cc(C(=O)O)c3c2)c(F)c1. The highest BCUT2D eigenvalue weighted by molar-refractivity contribution is 6.04. The Labute approximate surface area is 119 Å². The molecule has 0 spiro atoms. The van der Waals surface area contributed by atoms with E-state index in [1.807, 2.05) is 0 Å². The molecule has 0 atom stereocenters. The molecule has 2 N–H and O–H groups in total. The number of H-pyrrole nitrogens is 1. The summed E-state index contributed by atoms with van der Waals surface area (Å²) >= 11 is 0. The van der Waals surface area contributed by atoms with Crippen molar-refractivity contribution in [1.82, 2.24) is 4.98 Å². The third-order valence-electron chi connectivity index (χ3n) is 3.40. The minimum atomic E-state index is -1.02. The average molecular weight is 285 g/mol. The quantitative estimate of drug-likeness (QED) is 0.771. The Morgan fingerprint density at radius 2 is 2.05 bits per heavy atom. The molecule has 0 bridgehead atoms. The smallest absolute Gasteiger partial charge is 0.337 e. The number of rotatable bonds is 3. The number of benzene rings is 2. The number of aromatic nitrogens is 1. The number of methoxy groups -OCH3 is 1. The summed E-state index contributed by atoms with van der Waals surface area (Å²) in [4.78, 5) is 14.1. The number of ether oxygens (including phenoxy) is 1. The maximum absolute atomic E-state index is 14.1. The zero-order valence-electron chi connectivity index (χ0n) is 11.2. The highest BCUT2D eigenvalue weighted by Crippen LogP contribution is 2.30. The van der Waals surface area contributed by atoms with Gasteiger partial charge in [0.15, 0.2) is 0 Å².